The number of halogens is 1. The highest BCUT2D eigenvalue weighted by Gasteiger charge is 2.25. The number of hydrogen-bond acceptors (Lipinski definition) is 7. The summed E-state index contributed by atoms with van der Waals surface area (Å²) in [6, 6.07) is 18.3. The molecule has 1 aliphatic heterocycles. The van der Waals surface area contributed by atoms with Gasteiger partial charge in [0.15, 0.2) is 5.82 Å². The molecule has 0 fully saturated rings. The molecule has 3 aromatic carbocycles. The van der Waals surface area contributed by atoms with Crippen LogP contribution in [-0.2, 0) is 24.4 Å². The first-order valence-corrected chi connectivity index (χ1v) is 14.2. The van der Waals surface area contributed by atoms with Crippen molar-refractivity contribution < 1.29 is 23.2 Å². The Morgan fingerprint density at radius 3 is 2.64 bits per heavy atom. The Balaban J connectivity index is 1.40. The van der Waals surface area contributed by atoms with E-state index in [-0.39, 0.29) is 19.0 Å². The summed E-state index contributed by atoms with van der Waals surface area (Å²) < 4.78 is 32.8. The molecule has 0 radical (unpaired) electrons. The fourth-order valence-corrected chi connectivity index (χ4v) is 5.37. The van der Waals surface area contributed by atoms with Gasteiger partial charge in [0, 0.05) is 30.8 Å². The average molecular weight is 598 g/mol. The maximum absolute atomic E-state index is 14.3. The van der Waals surface area contributed by atoms with Gasteiger partial charge in [-0.05, 0) is 80.3 Å². The molecule has 0 spiro atoms. The normalized spacial score (nSPS) is 14.0. The Bertz CT molecular complexity index is 1980. The van der Waals surface area contributed by atoms with E-state index in [9.17, 15) is 14.0 Å². The van der Waals surface area contributed by atoms with E-state index in [1.807, 2.05) is 70.2 Å². The van der Waals surface area contributed by atoms with Gasteiger partial charge >= 0.3 is 11.8 Å². The summed E-state index contributed by atoms with van der Waals surface area (Å²) in [4.78, 5) is 33.4. The van der Waals surface area contributed by atoms with E-state index in [2.05, 4.69) is 14.7 Å². The number of nitrogens with one attached hydrogen (secondary N) is 1. The van der Waals surface area contributed by atoms with Crippen LogP contribution in [0.1, 0.15) is 61.6 Å². The number of aromatic amines is 1. The van der Waals surface area contributed by atoms with E-state index in [1.54, 1.807) is 13.1 Å². The molecule has 1 N–H and O–H groups in total. The number of hydrogen-bond donors (Lipinski definition) is 1. The number of para-hydroxylation sites is 2. The van der Waals surface area contributed by atoms with Crippen LogP contribution in [0.5, 0.6) is 5.75 Å². The van der Waals surface area contributed by atoms with Crippen molar-refractivity contribution in [2.75, 3.05) is 7.05 Å². The number of imidazole rings is 1. The smallest absolute Gasteiger partial charge is 0.439 e. The van der Waals surface area contributed by atoms with Crippen LogP contribution in [0.4, 0.5) is 9.18 Å². The topological polar surface area (TPSA) is 115 Å². The third kappa shape index (κ3) is 5.72. The second-order valence-electron chi connectivity index (χ2n) is 11.8. The Morgan fingerprint density at radius 2 is 1.89 bits per heavy atom. The van der Waals surface area contributed by atoms with Crippen molar-refractivity contribution in [3.63, 3.8) is 0 Å². The van der Waals surface area contributed by atoms with Gasteiger partial charge in [0.05, 0.1) is 17.6 Å². The van der Waals surface area contributed by atoms with Crippen LogP contribution in [0, 0.1) is 5.82 Å². The van der Waals surface area contributed by atoms with Gasteiger partial charge in [-0.3, -0.25) is 9.51 Å². The van der Waals surface area contributed by atoms with Crippen LogP contribution >= 0.6 is 0 Å². The first-order chi connectivity index (χ1) is 21.0. The number of carbonyl (C=O) groups excluding carboxylic acids is 1. The number of ether oxygens (including phenoxy) is 2. The lowest BCUT2D eigenvalue weighted by Crippen LogP contribution is -2.34. The maximum atomic E-state index is 14.3. The third-order valence-corrected chi connectivity index (χ3v) is 7.36. The maximum Gasteiger partial charge on any atom is 0.439 e. The Hall–Kier alpha value is -5.19. The van der Waals surface area contributed by atoms with Crippen molar-refractivity contribution in [1.82, 2.24) is 24.6 Å². The number of carbonyl (C=O) groups is 1. The Morgan fingerprint density at radius 1 is 1.11 bits per heavy atom. The van der Waals surface area contributed by atoms with E-state index in [0.717, 1.165) is 33.3 Å². The molecule has 1 amide bonds. The third-order valence-electron chi connectivity index (χ3n) is 7.36. The van der Waals surface area contributed by atoms with Crippen LogP contribution in [0.15, 0.2) is 70.0 Å². The number of allylic oxidation sites excluding steroid dienone is 1. The fraction of sp³-hybridized carbons (Fsp3) is 0.273. The number of benzene rings is 3. The largest absolute Gasteiger partial charge is 0.488 e. The molecule has 5 aromatic rings. The summed E-state index contributed by atoms with van der Waals surface area (Å²) >= 11 is 0. The van der Waals surface area contributed by atoms with E-state index < -0.39 is 23.3 Å². The second-order valence-corrected chi connectivity index (χ2v) is 11.8. The first kappa shape index (κ1) is 28.9. The quantitative estimate of drug-likeness (QED) is 0.259. The predicted octanol–water partition coefficient (Wildman–Crippen LogP) is 6.14. The van der Waals surface area contributed by atoms with Gasteiger partial charge in [0.25, 0.3) is 0 Å². The molecular weight excluding hydrogens is 565 g/mol. The number of nitrogens with zero attached hydrogens (tertiary/aromatic N) is 4. The molecular formula is C33H32FN5O5. The summed E-state index contributed by atoms with van der Waals surface area (Å²) in [6.45, 7) is 8.24. The highest BCUT2D eigenvalue weighted by molar-refractivity contribution is 5.99. The molecule has 0 atom stereocenters. The number of H-pyrrole nitrogens is 1. The molecule has 0 saturated carbocycles. The molecule has 0 bridgehead atoms. The van der Waals surface area contributed by atoms with Gasteiger partial charge in [-0.15, -0.1) is 0 Å². The zero-order chi connectivity index (χ0) is 31.2. The number of fused-ring (bicyclic) bond motifs is 3. The van der Waals surface area contributed by atoms with Crippen LogP contribution in [-0.4, -0.2) is 43.3 Å². The molecule has 226 valence electrons. The lowest BCUT2D eigenvalue weighted by atomic mass is 9.89. The molecule has 3 heterocycles. The zero-order valence-electron chi connectivity index (χ0n) is 25.1. The van der Waals surface area contributed by atoms with E-state index in [0.29, 0.717) is 29.3 Å². The van der Waals surface area contributed by atoms with Crippen LogP contribution < -0.4 is 10.5 Å². The highest BCUT2D eigenvalue weighted by Crippen LogP contribution is 2.41. The van der Waals surface area contributed by atoms with Gasteiger partial charge in [-0.1, -0.05) is 29.4 Å². The van der Waals surface area contributed by atoms with E-state index >= 15 is 0 Å². The molecule has 2 aromatic heterocycles. The van der Waals surface area contributed by atoms with Crippen LogP contribution in [0.25, 0.3) is 22.2 Å². The molecule has 0 aliphatic carbocycles. The fourth-order valence-electron chi connectivity index (χ4n) is 5.37. The Kier molecular flexibility index (Phi) is 7.32. The standard InChI is InChI=1S/C33H32FN5O5/c1-19(30-36-31(40)44-37-30)29-23-12-10-20(14-21(23)18-42-27-15-22(34)11-13-24(27)29)16-39-26-9-7-6-8-25(26)35-28(39)17-38(5)32(41)43-33(2,3)4/h6-15H,16-18H2,1-5H3,(H,36,37,40)/b29-19+. The van der Waals surface area contributed by atoms with Gasteiger partial charge in [-0.2, -0.15) is 0 Å². The summed E-state index contributed by atoms with van der Waals surface area (Å²) in [5.41, 5.74) is 5.91. The monoisotopic (exact) mass is 597 g/mol. The minimum atomic E-state index is -0.666. The molecule has 11 heteroatoms. The van der Waals surface area contributed by atoms with Crippen molar-refractivity contribution in [3.8, 4) is 5.75 Å². The molecule has 44 heavy (non-hydrogen) atoms. The second kappa shape index (κ2) is 11.1. The van der Waals surface area contributed by atoms with Gasteiger partial charge in [0.1, 0.15) is 29.6 Å². The average Bonchev–Trinajstić information content (AvgIpc) is 3.51. The zero-order valence-corrected chi connectivity index (χ0v) is 25.1. The van der Waals surface area contributed by atoms with Gasteiger partial charge in [0.2, 0.25) is 0 Å². The van der Waals surface area contributed by atoms with Crippen molar-refractivity contribution >= 4 is 28.3 Å². The number of amides is 1. The SMILES string of the molecule is C/C(=C1/c2ccc(Cn3c(CN(C)C(=O)OC(C)(C)C)nc4ccccc43)cc2COc2cc(F)ccc21)c1noc(=O)[nH]1. The van der Waals surface area contributed by atoms with E-state index in [4.69, 9.17) is 19.0 Å². The van der Waals surface area contributed by atoms with Crippen LogP contribution in [0.2, 0.25) is 0 Å². The molecule has 0 unspecified atom stereocenters. The lowest BCUT2D eigenvalue weighted by Gasteiger charge is -2.24. The van der Waals surface area contributed by atoms with Crippen molar-refractivity contribution in [2.45, 2.75) is 53.0 Å². The van der Waals surface area contributed by atoms with Crippen molar-refractivity contribution in [2.24, 2.45) is 0 Å². The van der Waals surface area contributed by atoms with Crippen molar-refractivity contribution in [3.05, 3.63) is 111 Å². The Labute approximate surface area is 252 Å². The molecule has 6 rings (SSSR count). The van der Waals surface area contributed by atoms with Gasteiger partial charge in [-0.25, -0.2) is 19.0 Å². The summed E-state index contributed by atoms with van der Waals surface area (Å²) in [6.07, 6.45) is -0.433. The first-order valence-electron chi connectivity index (χ1n) is 14.2. The molecule has 1 aliphatic rings. The summed E-state index contributed by atoms with van der Waals surface area (Å²) in [5, 5.41) is 3.88. The number of rotatable bonds is 5. The van der Waals surface area contributed by atoms with Crippen LogP contribution in [0.3, 0.4) is 0 Å². The minimum absolute atomic E-state index is 0.199. The minimum Gasteiger partial charge on any atom is -0.488 e. The molecule has 0 saturated heterocycles. The van der Waals surface area contributed by atoms with E-state index in [1.165, 1.54) is 17.0 Å². The highest BCUT2D eigenvalue weighted by atomic mass is 19.1. The predicted molar refractivity (Wildman–Crippen MR) is 162 cm³/mol. The van der Waals surface area contributed by atoms with Crippen molar-refractivity contribution in [1.29, 1.82) is 0 Å². The summed E-state index contributed by atoms with van der Waals surface area (Å²) in [7, 11) is 1.69. The lowest BCUT2D eigenvalue weighted by molar-refractivity contribution is 0.0279. The summed E-state index contributed by atoms with van der Waals surface area (Å²) in [5.74, 6) is 0.287. The molecule has 10 nitrogen and oxygen atoms in total. The van der Waals surface area contributed by atoms with Gasteiger partial charge < -0.3 is 18.9 Å². The number of aromatic nitrogens is 4.